The van der Waals surface area contributed by atoms with Gasteiger partial charge < -0.3 is 4.74 Å². The van der Waals surface area contributed by atoms with E-state index in [4.69, 9.17) is 16.3 Å². The Hall–Kier alpha value is -3.67. The fourth-order valence-corrected chi connectivity index (χ4v) is 2.80. The van der Waals surface area contributed by atoms with Crippen LogP contribution < -0.4 is 16.0 Å². The molecule has 1 N–H and O–H groups in total. The van der Waals surface area contributed by atoms with Crippen molar-refractivity contribution in [3.63, 3.8) is 0 Å². The van der Waals surface area contributed by atoms with Crippen LogP contribution in [0.3, 0.4) is 0 Å². The lowest BCUT2D eigenvalue weighted by Gasteiger charge is -2.16. The lowest BCUT2D eigenvalue weighted by Crippen LogP contribution is -2.34. The molecule has 0 amide bonds. The molecule has 13 heteroatoms. The van der Waals surface area contributed by atoms with Crippen LogP contribution in [0.4, 0.5) is 17.6 Å². The highest BCUT2D eigenvalue weighted by Gasteiger charge is 2.36. The number of nitrogens with one attached hydrogen (secondary N) is 1. The minimum absolute atomic E-state index is 0.0648. The van der Waals surface area contributed by atoms with E-state index in [1.54, 1.807) is 4.98 Å². The van der Waals surface area contributed by atoms with Crippen molar-refractivity contribution in [2.75, 3.05) is 0 Å². The van der Waals surface area contributed by atoms with Gasteiger partial charge in [0.2, 0.25) is 0 Å². The summed E-state index contributed by atoms with van der Waals surface area (Å²) in [6, 6.07) is 7.78. The number of rotatable bonds is 5. The van der Waals surface area contributed by atoms with Crippen LogP contribution in [0.25, 0.3) is 5.69 Å². The highest BCUT2D eigenvalue weighted by atomic mass is 35.5. The molecule has 1 unspecified atom stereocenters. The number of aromatic nitrogens is 2. The summed E-state index contributed by atoms with van der Waals surface area (Å²) in [5.41, 5.74) is -5.29. The molecule has 0 spiro atoms. The number of ether oxygens (including phenoxy) is 1. The van der Waals surface area contributed by atoms with Crippen molar-refractivity contribution in [2.24, 2.45) is 0 Å². The quantitative estimate of drug-likeness (QED) is 0.271. The van der Waals surface area contributed by atoms with E-state index in [0.29, 0.717) is 11.1 Å². The van der Waals surface area contributed by atoms with Gasteiger partial charge in [0.15, 0.2) is 5.82 Å². The number of H-pyrrole nitrogens is 1. The molecule has 3 aromatic rings. The van der Waals surface area contributed by atoms with E-state index in [0.717, 1.165) is 12.1 Å². The first-order chi connectivity index (χ1) is 14.5. The maximum Gasteiger partial charge on any atom is 0.432 e. The second-order valence-electron chi connectivity index (χ2n) is 6.08. The van der Waals surface area contributed by atoms with Crippen molar-refractivity contribution < 1.29 is 27.2 Å². The van der Waals surface area contributed by atoms with Gasteiger partial charge in [0, 0.05) is 17.2 Å². The average Bonchev–Trinajstić information content (AvgIpc) is 2.66. The van der Waals surface area contributed by atoms with Crippen molar-refractivity contribution >= 4 is 11.6 Å². The minimum atomic E-state index is -5.14. The molecule has 0 aliphatic heterocycles. The third-order valence-corrected chi connectivity index (χ3v) is 4.24. The maximum atomic E-state index is 14.6. The van der Waals surface area contributed by atoms with E-state index in [2.05, 4.69) is 0 Å². The number of hydrogen-bond donors (Lipinski definition) is 1. The molecule has 0 saturated heterocycles. The fourth-order valence-electron chi connectivity index (χ4n) is 2.67. The zero-order chi connectivity index (χ0) is 22.9. The largest absolute Gasteiger partial charge is 0.432 e. The zero-order valence-corrected chi connectivity index (χ0v) is 15.8. The third kappa shape index (κ3) is 4.74. The molecule has 0 saturated carbocycles. The van der Waals surface area contributed by atoms with Gasteiger partial charge in [0.1, 0.15) is 11.4 Å². The topological polar surface area (TPSA) is 107 Å². The van der Waals surface area contributed by atoms with Gasteiger partial charge in [-0.3, -0.25) is 24.5 Å². The molecule has 0 aliphatic rings. The Kier molecular flexibility index (Phi) is 5.84. The minimum Gasteiger partial charge on any atom is -0.426 e. The second-order valence-corrected chi connectivity index (χ2v) is 6.51. The van der Waals surface area contributed by atoms with Crippen molar-refractivity contribution in [2.45, 2.75) is 12.4 Å². The first-order valence-electron chi connectivity index (χ1n) is 8.26. The lowest BCUT2D eigenvalue weighted by atomic mass is 10.2. The van der Waals surface area contributed by atoms with Gasteiger partial charge in [-0.25, -0.2) is 9.18 Å². The highest BCUT2D eigenvalue weighted by Crippen LogP contribution is 2.31. The molecule has 0 bridgehead atoms. The molecule has 1 aromatic heterocycles. The Morgan fingerprint density at radius 1 is 1.10 bits per heavy atom. The van der Waals surface area contributed by atoms with Crippen molar-refractivity contribution in [3.8, 4) is 11.4 Å². The first kappa shape index (κ1) is 22.0. The van der Waals surface area contributed by atoms with Gasteiger partial charge in [-0.1, -0.05) is 11.6 Å². The van der Waals surface area contributed by atoms with Crippen LogP contribution in [0, 0.1) is 15.9 Å². The van der Waals surface area contributed by atoms with Crippen molar-refractivity contribution in [3.05, 3.63) is 102 Å². The third-order valence-electron chi connectivity index (χ3n) is 3.99. The Labute approximate surface area is 174 Å². The number of alkyl halides is 3. The highest BCUT2D eigenvalue weighted by molar-refractivity contribution is 6.30. The van der Waals surface area contributed by atoms with Crippen molar-refractivity contribution in [1.82, 2.24) is 9.55 Å². The molecule has 0 fully saturated rings. The van der Waals surface area contributed by atoms with E-state index in [9.17, 15) is 37.3 Å². The first-order valence-corrected chi connectivity index (χ1v) is 8.64. The molecule has 31 heavy (non-hydrogen) atoms. The number of aromatic amines is 1. The smallest absolute Gasteiger partial charge is 0.426 e. The van der Waals surface area contributed by atoms with Crippen molar-refractivity contribution in [1.29, 1.82) is 0 Å². The van der Waals surface area contributed by atoms with Gasteiger partial charge in [0.05, 0.1) is 16.2 Å². The Balaban J connectivity index is 2.03. The van der Waals surface area contributed by atoms with Gasteiger partial charge in [0.25, 0.3) is 5.56 Å². The molecular formula is C18H10ClF4N3O5. The van der Waals surface area contributed by atoms with Crippen LogP contribution in [0.5, 0.6) is 5.75 Å². The lowest BCUT2D eigenvalue weighted by molar-refractivity contribution is -0.570. The van der Waals surface area contributed by atoms with Crippen LogP contribution >= 0.6 is 11.6 Å². The number of benzene rings is 2. The molecule has 0 radical (unpaired) electrons. The van der Waals surface area contributed by atoms with Crippen LogP contribution in [0.1, 0.15) is 17.5 Å². The summed E-state index contributed by atoms with van der Waals surface area (Å²) in [6.45, 7) is 0. The number of halogens is 5. The van der Waals surface area contributed by atoms with Crippen LogP contribution in [-0.2, 0) is 6.18 Å². The Bertz CT molecular complexity index is 1250. The van der Waals surface area contributed by atoms with E-state index in [-0.39, 0.29) is 21.9 Å². The number of nitrogens with zero attached hydrogens (tertiary/aromatic N) is 2. The SMILES string of the molecule is O=c1cc(C(F)(F)F)n(-c2ccc(OC(c3ccc(Cl)cc3)[N+](=O)[O-])cc2F)c(=O)[nH]1. The normalized spacial score (nSPS) is 12.4. The van der Waals surface area contributed by atoms with Crippen LogP contribution in [0.15, 0.2) is 58.1 Å². The molecule has 1 atom stereocenters. The molecule has 162 valence electrons. The molecule has 3 rings (SSSR count). The van der Waals surface area contributed by atoms with Gasteiger partial charge in [-0.15, -0.1) is 0 Å². The monoisotopic (exact) mass is 459 g/mol. The van der Waals surface area contributed by atoms with Gasteiger partial charge >= 0.3 is 18.1 Å². The summed E-state index contributed by atoms with van der Waals surface area (Å²) < 4.78 is 59.4. The number of hydrogen-bond acceptors (Lipinski definition) is 5. The van der Waals surface area contributed by atoms with E-state index < -0.39 is 45.8 Å². The summed E-state index contributed by atoms with van der Waals surface area (Å²) in [6.07, 6.45) is -6.90. The summed E-state index contributed by atoms with van der Waals surface area (Å²) >= 11 is 5.73. The van der Waals surface area contributed by atoms with E-state index >= 15 is 0 Å². The molecule has 8 nitrogen and oxygen atoms in total. The summed E-state index contributed by atoms with van der Waals surface area (Å²) in [5, 5.41) is 11.7. The predicted molar refractivity (Wildman–Crippen MR) is 99.4 cm³/mol. The Morgan fingerprint density at radius 2 is 1.74 bits per heavy atom. The van der Waals surface area contributed by atoms with Gasteiger partial charge in [-0.05, 0) is 36.4 Å². The zero-order valence-electron chi connectivity index (χ0n) is 15.0. The molecule has 1 heterocycles. The molecule has 0 aliphatic carbocycles. The van der Waals surface area contributed by atoms with Crippen LogP contribution in [0.2, 0.25) is 5.02 Å². The van der Waals surface area contributed by atoms with Gasteiger partial charge in [-0.2, -0.15) is 13.2 Å². The van der Waals surface area contributed by atoms with Crippen LogP contribution in [-0.4, -0.2) is 14.5 Å². The standard InChI is InChI=1S/C18H10ClF4N3O5/c19-10-3-1-9(2-4-10)16(26(29)30)31-11-5-6-13(12(20)7-11)25-14(18(21,22)23)8-15(27)24-17(25)28/h1-8,16H,(H,24,27,28). The maximum absolute atomic E-state index is 14.6. The average molecular weight is 460 g/mol. The molecule has 2 aromatic carbocycles. The summed E-state index contributed by atoms with van der Waals surface area (Å²) in [7, 11) is 0. The molecular weight excluding hydrogens is 450 g/mol. The summed E-state index contributed by atoms with van der Waals surface area (Å²) in [5.74, 6) is -1.74. The fraction of sp³-hybridized carbons (Fsp3) is 0.111. The second kappa shape index (κ2) is 8.22. The Morgan fingerprint density at radius 3 is 2.29 bits per heavy atom. The number of nitro groups is 1. The van der Waals surface area contributed by atoms with E-state index in [1.165, 1.54) is 24.3 Å². The predicted octanol–water partition coefficient (Wildman–Crippen LogP) is 3.69. The van der Waals surface area contributed by atoms with E-state index in [1.807, 2.05) is 0 Å². The summed E-state index contributed by atoms with van der Waals surface area (Å²) in [4.78, 5) is 35.4.